The third-order valence-corrected chi connectivity index (χ3v) is 20.6. The summed E-state index contributed by atoms with van der Waals surface area (Å²) in [6.07, 6.45) is 9.67. The molecule has 14 heterocycles. The Morgan fingerprint density at radius 2 is 0.740 bits per heavy atom. The van der Waals surface area contributed by atoms with Gasteiger partial charge in [-0.2, -0.15) is 0 Å². The highest BCUT2D eigenvalue weighted by atomic mass is 19.2. The summed E-state index contributed by atoms with van der Waals surface area (Å²) in [5.41, 5.74) is 4.75. The Bertz CT molecular complexity index is 4830. The van der Waals surface area contributed by atoms with E-state index in [2.05, 4.69) is 128 Å². The molecule has 3 amide bonds. The fraction of sp³-hybridized carbons (Fsp3) is 0.382. The molecule has 0 spiro atoms. The maximum Gasteiger partial charge on any atom is 0.293 e. The van der Waals surface area contributed by atoms with Gasteiger partial charge in [-0.05, 0) is 81.2 Å². The highest BCUT2D eigenvalue weighted by Crippen LogP contribution is 2.38. The molecule has 4 saturated heterocycles. The van der Waals surface area contributed by atoms with Crippen LogP contribution in [0.3, 0.4) is 0 Å². The number of alkyl halides is 2. The zero-order valence-electron chi connectivity index (χ0n) is 57.8. The van der Waals surface area contributed by atoms with Crippen molar-refractivity contribution in [1.82, 2.24) is 98.7 Å². The SMILES string of the molecule is C=C(NC)c1nc2n(n1)C(c1ccccc1)CC2.C=C(c1nc2n(n1)C(c1ccccc1)CC2)N1CCC1.CC1(F)CN(C(=O)c2nc3n(n2)C(c2ccccc2F)CC3)C1.O=C(c1nc2n(n1)C(c1ccccc1F)CC2)N1CC(F)C1.O=C(c1nc2n(n1)C(c1ccccc1F)CC2)N1CCC1. The van der Waals surface area contributed by atoms with E-state index in [1.54, 1.807) is 67.5 Å². The molecule has 104 heavy (non-hydrogen) atoms. The molecule has 5 aromatic carbocycles. The number of likely N-dealkylation sites (tertiary alicyclic amines) is 4. The molecule has 19 rings (SSSR count). The summed E-state index contributed by atoms with van der Waals surface area (Å²) in [6, 6.07) is 40.9. The van der Waals surface area contributed by atoms with Crippen LogP contribution in [0, 0.1) is 17.5 Å². The van der Waals surface area contributed by atoms with Crippen molar-refractivity contribution >= 4 is 29.1 Å². The predicted molar refractivity (Wildman–Crippen MR) is 375 cm³/mol. The largest absolute Gasteiger partial charge is 0.385 e. The lowest BCUT2D eigenvalue weighted by atomic mass is 9.99. The zero-order chi connectivity index (χ0) is 71.9. The van der Waals surface area contributed by atoms with Crippen LogP contribution in [0.25, 0.3) is 11.4 Å². The minimum absolute atomic E-state index is 0.0620. The van der Waals surface area contributed by atoms with Crippen LogP contribution in [0.4, 0.5) is 22.0 Å². The van der Waals surface area contributed by atoms with Crippen LogP contribution in [0.2, 0.25) is 0 Å². The molecule has 0 bridgehead atoms. The Labute approximate surface area is 597 Å². The number of hydrogen-bond donors (Lipinski definition) is 1. The van der Waals surface area contributed by atoms with Gasteiger partial charge >= 0.3 is 0 Å². The lowest BCUT2D eigenvalue weighted by Crippen LogP contribution is -2.59. The van der Waals surface area contributed by atoms with Gasteiger partial charge in [0.15, 0.2) is 11.6 Å². The Morgan fingerprint density at radius 3 is 1.10 bits per heavy atom. The average Bonchev–Trinajstić information content (AvgIpc) is 1.70. The first-order valence-electron chi connectivity index (χ1n) is 35.6. The number of aryl methyl sites for hydroxylation is 5. The normalized spacial score (nSPS) is 20.3. The Hall–Kier alpha value is -11.1. The van der Waals surface area contributed by atoms with Gasteiger partial charge in [0.2, 0.25) is 17.5 Å². The summed E-state index contributed by atoms with van der Waals surface area (Å²) < 4.78 is 77.4. The quantitative estimate of drug-likeness (QED) is 0.112. The first-order valence-corrected chi connectivity index (χ1v) is 35.6. The van der Waals surface area contributed by atoms with Gasteiger partial charge < -0.3 is 24.9 Å². The Morgan fingerprint density at radius 1 is 0.423 bits per heavy atom. The molecule has 0 aliphatic carbocycles. The van der Waals surface area contributed by atoms with E-state index in [0.29, 0.717) is 71.9 Å². The van der Waals surface area contributed by atoms with E-state index in [9.17, 15) is 36.3 Å². The number of nitrogens with zero attached hydrogens (tertiary/aromatic N) is 19. The molecule has 0 radical (unpaired) electrons. The third-order valence-electron chi connectivity index (χ3n) is 20.6. The van der Waals surface area contributed by atoms with Crippen LogP contribution in [-0.2, 0) is 32.1 Å². The molecule has 5 atom stereocenters. The summed E-state index contributed by atoms with van der Waals surface area (Å²) in [6.45, 7) is 13.6. The molecule has 28 heteroatoms. The Kier molecular flexibility index (Phi) is 19.2. The van der Waals surface area contributed by atoms with Gasteiger partial charge in [-0.15, -0.1) is 25.5 Å². The lowest BCUT2D eigenvalue weighted by Gasteiger charge is -2.41. The van der Waals surface area contributed by atoms with Crippen molar-refractivity contribution in [2.75, 3.05) is 59.4 Å². The number of halogens is 5. The van der Waals surface area contributed by atoms with E-state index >= 15 is 0 Å². The van der Waals surface area contributed by atoms with Gasteiger partial charge in [0.05, 0.1) is 67.8 Å². The number of hydrogen-bond acceptors (Lipinski definition) is 15. The standard InChI is InChI=1S/C16H16F2N4O.C16H18N4.C15H14F2N4O.C15H15FN4O.C14H16N4/c1-16(18)8-21(9-16)15(23)14-19-13-7-6-12(22(13)20-14)10-4-2-3-5-11(10)17;1-12(19-10-5-11-19)16-17-15-9-8-14(20(15)18-16)13-6-3-2-4-7-13;16-9-7-20(8-9)15(22)14-18-13-6-5-12(21(13)19-14)10-3-1-2-4-11(10)17;16-11-5-2-1-4-10(11)12-6-7-13-17-14(18-20(12)13)15(21)19-8-3-9-19;1-10(15-2)14-16-13-9-8-12(18(13)17-14)11-6-4-3-5-7-11/h2-5,12H,6-9H2,1H3;2-4,6-7,14H,1,5,8-11H2;1-4,9,12H,5-8H2;1-2,4-5,12H,3,6-9H2;3-7,12,15H,1,8-9H2,2H3. The molecule has 5 unspecified atom stereocenters. The first-order chi connectivity index (χ1) is 50.4. The van der Waals surface area contributed by atoms with E-state index in [-0.39, 0.29) is 97.0 Å². The van der Waals surface area contributed by atoms with Crippen LogP contribution in [0.1, 0.15) is 183 Å². The Balaban J connectivity index is 0.000000105. The summed E-state index contributed by atoms with van der Waals surface area (Å²) >= 11 is 0. The fourth-order valence-corrected chi connectivity index (χ4v) is 14.7. The maximum atomic E-state index is 14.0. The molecule has 10 aromatic rings. The first kappa shape index (κ1) is 68.7. The molecule has 9 aliphatic heterocycles. The highest BCUT2D eigenvalue weighted by Gasteiger charge is 2.44. The van der Waals surface area contributed by atoms with Crippen LogP contribution >= 0.6 is 0 Å². The van der Waals surface area contributed by atoms with Crippen LogP contribution < -0.4 is 5.32 Å². The van der Waals surface area contributed by atoms with E-state index in [1.165, 1.54) is 52.5 Å². The van der Waals surface area contributed by atoms with E-state index in [4.69, 9.17) is 5.10 Å². The van der Waals surface area contributed by atoms with Gasteiger partial charge in [-0.3, -0.25) is 14.4 Å². The number of fused-ring (bicyclic) bond motifs is 5. The molecule has 4 fully saturated rings. The number of carbonyl (C=O) groups excluding carboxylic acids is 3. The topological polar surface area (TPSA) is 230 Å². The fourth-order valence-electron chi connectivity index (χ4n) is 14.7. The van der Waals surface area contributed by atoms with Crippen LogP contribution in [0.5, 0.6) is 0 Å². The number of nitrogens with one attached hydrogen (secondary N) is 1. The number of amides is 3. The second kappa shape index (κ2) is 29.0. The van der Waals surface area contributed by atoms with Gasteiger partial charge in [0.1, 0.15) is 58.4 Å². The van der Waals surface area contributed by atoms with Gasteiger partial charge in [0, 0.05) is 82.0 Å². The smallest absolute Gasteiger partial charge is 0.293 e. The zero-order valence-corrected chi connectivity index (χ0v) is 57.8. The van der Waals surface area contributed by atoms with Crippen molar-refractivity contribution in [2.45, 2.75) is 126 Å². The van der Waals surface area contributed by atoms with Crippen molar-refractivity contribution in [1.29, 1.82) is 0 Å². The second-order valence-corrected chi connectivity index (χ2v) is 27.7. The van der Waals surface area contributed by atoms with E-state index < -0.39 is 11.8 Å². The van der Waals surface area contributed by atoms with Crippen molar-refractivity contribution in [3.63, 3.8) is 0 Å². The van der Waals surface area contributed by atoms with Gasteiger partial charge in [0.25, 0.3) is 17.7 Å². The second-order valence-electron chi connectivity index (χ2n) is 27.7. The summed E-state index contributed by atoms with van der Waals surface area (Å²) in [7, 11) is 1.84. The molecular weight excluding hydrogens is 1340 g/mol. The number of rotatable bonds is 12. The minimum atomic E-state index is -1.33. The molecular formula is C76H79F5N20O3. The number of aromatic nitrogens is 15. The van der Waals surface area contributed by atoms with Crippen LogP contribution in [-0.4, -0.2) is 182 Å². The molecule has 23 nitrogen and oxygen atoms in total. The minimum Gasteiger partial charge on any atom is -0.385 e. The van der Waals surface area contributed by atoms with Gasteiger partial charge in [-0.1, -0.05) is 128 Å². The monoisotopic (exact) mass is 1410 g/mol. The summed E-state index contributed by atoms with van der Waals surface area (Å²) in [5.74, 6) is 4.50. The van der Waals surface area contributed by atoms with E-state index in [0.717, 1.165) is 106 Å². The highest BCUT2D eigenvalue weighted by molar-refractivity contribution is 5.92. The number of carbonyl (C=O) groups is 3. The van der Waals surface area contributed by atoms with Crippen molar-refractivity contribution in [3.05, 3.63) is 250 Å². The third kappa shape index (κ3) is 13.8. The maximum absolute atomic E-state index is 14.0. The van der Waals surface area contributed by atoms with E-state index in [1.807, 2.05) is 23.9 Å². The van der Waals surface area contributed by atoms with Crippen molar-refractivity contribution < 1.29 is 36.3 Å². The predicted octanol–water partition coefficient (Wildman–Crippen LogP) is 10.2. The molecule has 9 aliphatic rings. The van der Waals surface area contributed by atoms with Crippen molar-refractivity contribution in [3.8, 4) is 0 Å². The molecule has 1 N–H and O–H groups in total. The molecule has 0 saturated carbocycles. The number of benzene rings is 5. The molecule has 536 valence electrons. The van der Waals surface area contributed by atoms with Crippen molar-refractivity contribution in [2.24, 2.45) is 0 Å². The van der Waals surface area contributed by atoms with Gasteiger partial charge in [-0.25, -0.2) is 70.3 Å². The average molecular weight is 1420 g/mol. The summed E-state index contributed by atoms with van der Waals surface area (Å²) in [4.78, 5) is 65.4. The van der Waals surface area contributed by atoms with Crippen LogP contribution in [0.15, 0.2) is 147 Å². The molecule has 5 aromatic heterocycles. The lowest BCUT2D eigenvalue weighted by molar-refractivity contribution is -0.00866. The summed E-state index contributed by atoms with van der Waals surface area (Å²) in [5, 5.41) is 25.1.